The molecule has 0 atom stereocenters. The summed E-state index contributed by atoms with van der Waals surface area (Å²) in [4.78, 5) is 15.9. The van der Waals surface area contributed by atoms with Gasteiger partial charge in [0.1, 0.15) is 0 Å². The number of aromatic nitrogens is 1. The predicted octanol–water partition coefficient (Wildman–Crippen LogP) is 4.12. The first kappa shape index (κ1) is 17.3. The summed E-state index contributed by atoms with van der Waals surface area (Å²) in [5.74, 6) is -0.181. The molecule has 0 radical (unpaired) electrons. The van der Waals surface area contributed by atoms with E-state index in [2.05, 4.69) is 9.71 Å². The molecule has 0 saturated heterocycles. The first-order valence-corrected chi connectivity index (χ1v) is 9.88. The van der Waals surface area contributed by atoms with Crippen molar-refractivity contribution in [2.24, 2.45) is 0 Å². The molecular weight excluding hydrogens is 356 g/mol. The maximum atomic E-state index is 12.5. The Morgan fingerprint density at radius 2 is 1.84 bits per heavy atom. The van der Waals surface area contributed by atoms with Gasteiger partial charge in [-0.25, -0.2) is 13.4 Å². The molecule has 5 nitrogen and oxygen atoms in total. The van der Waals surface area contributed by atoms with E-state index >= 15 is 0 Å². The van der Waals surface area contributed by atoms with E-state index < -0.39 is 10.0 Å². The van der Waals surface area contributed by atoms with Gasteiger partial charge in [0, 0.05) is 22.2 Å². The zero-order chi connectivity index (χ0) is 18.0. The molecule has 0 saturated carbocycles. The SMILES string of the molecule is CC(=O)c1cccc(S(=O)(=O)Nc2ccc(-c3csc(C)n3)cc2)c1. The highest BCUT2D eigenvalue weighted by molar-refractivity contribution is 7.92. The fraction of sp³-hybridized carbons (Fsp3) is 0.111. The van der Waals surface area contributed by atoms with Gasteiger partial charge in [0.05, 0.1) is 15.6 Å². The Balaban J connectivity index is 1.83. The van der Waals surface area contributed by atoms with E-state index in [1.807, 2.05) is 24.4 Å². The second-order valence-electron chi connectivity index (χ2n) is 5.52. The van der Waals surface area contributed by atoms with Crippen molar-refractivity contribution in [3.8, 4) is 11.3 Å². The van der Waals surface area contributed by atoms with Crippen molar-refractivity contribution in [3.63, 3.8) is 0 Å². The smallest absolute Gasteiger partial charge is 0.261 e. The molecule has 2 aromatic carbocycles. The quantitative estimate of drug-likeness (QED) is 0.684. The fourth-order valence-electron chi connectivity index (χ4n) is 2.30. The number of aryl methyl sites for hydroxylation is 1. The molecule has 25 heavy (non-hydrogen) atoms. The monoisotopic (exact) mass is 372 g/mol. The van der Waals surface area contributed by atoms with E-state index in [1.165, 1.54) is 19.1 Å². The molecular formula is C18H16N2O3S2. The Bertz CT molecular complexity index is 1020. The summed E-state index contributed by atoms with van der Waals surface area (Å²) in [5, 5.41) is 2.94. The standard InChI is InChI=1S/C18H16N2O3S2/c1-12(21)15-4-3-5-17(10-15)25(22,23)20-16-8-6-14(7-9-16)18-11-24-13(2)19-18/h3-11,20H,1-2H3. The first-order valence-electron chi connectivity index (χ1n) is 7.51. The molecule has 3 rings (SSSR count). The number of carbonyl (C=O) groups excluding carboxylic acids is 1. The highest BCUT2D eigenvalue weighted by Crippen LogP contribution is 2.24. The summed E-state index contributed by atoms with van der Waals surface area (Å²) in [7, 11) is -3.76. The van der Waals surface area contributed by atoms with Crippen LogP contribution in [0, 0.1) is 6.92 Å². The van der Waals surface area contributed by atoms with Crippen molar-refractivity contribution in [1.82, 2.24) is 4.98 Å². The minimum atomic E-state index is -3.76. The van der Waals surface area contributed by atoms with Gasteiger partial charge in [-0.2, -0.15) is 0 Å². The van der Waals surface area contributed by atoms with Gasteiger partial charge < -0.3 is 0 Å². The third kappa shape index (κ3) is 3.94. The largest absolute Gasteiger partial charge is 0.295 e. The number of anilines is 1. The van der Waals surface area contributed by atoms with Crippen molar-refractivity contribution >= 4 is 32.8 Å². The molecule has 1 N–H and O–H groups in total. The predicted molar refractivity (Wildman–Crippen MR) is 99.5 cm³/mol. The lowest BCUT2D eigenvalue weighted by Crippen LogP contribution is -2.13. The normalized spacial score (nSPS) is 11.3. The van der Waals surface area contributed by atoms with Crippen LogP contribution in [0.4, 0.5) is 5.69 Å². The van der Waals surface area contributed by atoms with Crippen LogP contribution in [0.25, 0.3) is 11.3 Å². The highest BCUT2D eigenvalue weighted by Gasteiger charge is 2.15. The van der Waals surface area contributed by atoms with E-state index in [4.69, 9.17) is 0 Å². The molecule has 0 fully saturated rings. The van der Waals surface area contributed by atoms with Crippen LogP contribution >= 0.6 is 11.3 Å². The van der Waals surface area contributed by atoms with E-state index in [1.54, 1.807) is 35.6 Å². The van der Waals surface area contributed by atoms with Crippen molar-refractivity contribution in [2.75, 3.05) is 4.72 Å². The Kier molecular flexibility index (Phi) is 4.69. The number of nitrogens with one attached hydrogen (secondary N) is 1. The van der Waals surface area contributed by atoms with Gasteiger partial charge in [0.25, 0.3) is 10.0 Å². The third-order valence-corrected chi connectivity index (χ3v) is 5.76. The molecule has 0 amide bonds. The summed E-state index contributed by atoms with van der Waals surface area (Å²) in [6.07, 6.45) is 0. The minimum Gasteiger partial charge on any atom is -0.295 e. The highest BCUT2D eigenvalue weighted by atomic mass is 32.2. The third-order valence-electron chi connectivity index (χ3n) is 3.60. The van der Waals surface area contributed by atoms with Gasteiger partial charge in [0.15, 0.2) is 5.78 Å². The molecule has 3 aromatic rings. The summed E-state index contributed by atoms with van der Waals surface area (Å²) in [6.45, 7) is 3.34. The second kappa shape index (κ2) is 6.78. The Morgan fingerprint density at radius 1 is 1.12 bits per heavy atom. The molecule has 0 aliphatic carbocycles. The zero-order valence-electron chi connectivity index (χ0n) is 13.7. The van der Waals surface area contributed by atoms with Gasteiger partial charge in [-0.1, -0.05) is 24.3 Å². The summed E-state index contributed by atoms with van der Waals surface area (Å²) >= 11 is 1.56. The lowest BCUT2D eigenvalue weighted by Gasteiger charge is -2.09. The molecule has 1 heterocycles. The number of sulfonamides is 1. The molecule has 128 valence electrons. The van der Waals surface area contributed by atoms with Gasteiger partial charge in [0.2, 0.25) is 0 Å². The minimum absolute atomic E-state index is 0.0550. The number of carbonyl (C=O) groups is 1. The summed E-state index contributed by atoms with van der Waals surface area (Å²) < 4.78 is 27.5. The van der Waals surface area contributed by atoms with Gasteiger partial charge in [-0.15, -0.1) is 11.3 Å². The fourth-order valence-corrected chi connectivity index (χ4v) is 4.03. The van der Waals surface area contributed by atoms with Crippen LogP contribution < -0.4 is 4.72 Å². The topological polar surface area (TPSA) is 76.1 Å². The Morgan fingerprint density at radius 3 is 2.44 bits per heavy atom. The van der Waals surface area contributed by atoms with Gasteiger partial charge in [-0.3, -0.25) is 9.52 Å². The maximum Gasteiger partial charge on any atom is 0.261 e. The van der Waals surface area contributed by atoms with Crippen LogP contribution in [0.15, 0.2) is 58.8 Å². The van der Waals surface area contributed by atoms with E-state index in [-0.39, 0.29) is 10.7 Å². The van der Waals surface area contributed by atoms with E-state index in [9.17, 15) is 13.2 Å². The molecule has 0 unspecified atom stereocenters. The van der Waals surface area contributed by atoms with Crippen LogP contribution in [0.3, 0.4) is 0 Å². The zero-order valence-corrected chi connectivity index (χ0v) is 15.3. The number of hydrogen-bond acceptors (Lipinski definition) is 5. The first-order chi connectivity index (χ1) is 11.8. The van der Waals surface area contributed by atoms with Crippen LogP contribution in [-0.2, 0) is 10.0 Å². The van der Waals surface area contributed by atoms with E-state index in [0.29, 0.717) is 11.3 Å². The van der Waals surface area contributed by atoms with Crippen LogP contribution in [0.5, 0.6) is 0 Å². The lowest BCUT2D eigenvalue weighted by molar-refractivity contribution is 0.101. The van der Waals surface area contributed by atoms with Crippen LogP contribution in [0.2, 0.25) is 0 Å². The summed E-state index contributed by atoms with van der Waals surface area (Å²) in [6, 6.07) is 13.0. The molecule has 1 aromatic heterocycles. The number of rotatable bonds is 5. The number of hydrogen-bond donors (Lipinski definition) is 1. The molecule has 0 bridgehead atoms. The second-order valence-corrected chi connectivity index (χ2v) is 8.26. The van der Waals surface area contributed by atoms with Crippen molar-refractivity contribution in [3.05, 3.63) is 64.5 Å². The number of nitrogens with zero attached hydrogens (tertiary/aromatic N) is 1. The molecule has 0 spiro atoms. The number of Topliss-reactive ketones (excluding diaryl/α,β-unsaturated/α-hetero) is 1. The molecule has 0 aliphatic heterocycles. The average Bonchev–Trinajstić information content (AvgIpc) is 3.02. The summed E-state index contributed by atoms with van der Waals surface area (Å²) in [5.41, 5.74) is 2.60. The van der Waals surface area contributed by atoms with Crippen molar-refractivity contribution in [2.45, 2.75) is 18.7 Å². The van der Waals surface area contributed by atoms with Gasteiger partial charge >= 0.3 is 0 Å². The molecule has 7 heteroatoms. The van der Waals surface area contributed by atoms with Crippen molar-refractivity contribution in [1.29, 1.82) is 0 Å². The van der Waals surface area contributed by atoms with Crippen LogP contribution in [-0.4, -0.2) is 19.2 Å². The van der Waals surface area contributed by atoms with Crippen LogP contribution in [0.1, 0.15) is 22.3 Å². The number of benzene rings is 2. The lowest BCUT2D eigenvalue weighted by atomic mass is 10.1. The number of thiazole rings is 1. The van der Waals surface area contributed by atoms with Gasteiger partial charge in [-0.05, 0) is 38.1 Å². The molecule has 0 aliphatic rings. The Labute approximate surface area is 150 Å². The number of ketones is 1. The maximum absolute atomic E-state index is 12.5. The Hall–Kier alpha value is -2.51. The average molecular weight is 372 g/mol. The van der Waals surface area contributed by atoms with E-state index in [0.717, 1.165) is 16.3 Å². The van der Waals surface area contributed by atoms with Crippen molar-refractivity contribution < 1.29 is 13.2 Å².